The molecule has 1 amide bonds. The lowest BCUT2D eigenvalue weighted by atomic mass is 10.1. The van der Waals surface area contributed by atoms with Crippen LogP contribution < -0.4 is 5.32 Å². The molecule has 0 radical (unpaired) electrons. The lowest BCUT2D eigenvalue weighted by molar-refractivity contribution is -0.115. The van der Waals surface area contributed by atoms with Crippen molar-refractivity contribution in [2.24, 2.45) is 0 Å². The van der Waals surface area contributed by atoms with Crippen LogP contribution >= 0.6 is 22.7 Å². The van der Waals surface area contributed by atoms with E-state index < -0.39 is 0 Å². The van der Waals surface area contributed by atoms with Crippen molar-refractivity contribution in [2.45, 2.75) is 38.5 Å². The van der Waals surface area contributed by atoms with Gasteiger partial charge in [0.15, 0.2) is 0 Å². The molecule has 0 aromatic carbocycles. The normalized spacial score (nSPS) is 14.0. The van der Waals surface area contributed by atoms with Crippen molar-refractivity contribution in [3.63, 3.8) is 0 Å². The zero-order valence-electron chi connectivity index (χ0n) is 13.0. The smallest absolute Gasteiger partial charge is 0.341 e. The lowest BCUT2D eigenvalue weighted by Crippen LogP contribution is -2.16. The van der Waals surface area contributed by atoms with Crippen LogP contribution in [0.4, 0.5) is 5.00 Å². The van der Waals surface area contributed by atoms with Crippen LogP contribution in [0.1, 0.15) is 45.6 Å². The van der Waals surface area contributed by atoms with Gasteiger partial charge in [-0.1, -0.05) is 6.42 Å². The molecule has 2 aromatic heterocycles. The highest BCUT2D eigenvalue weighted by molar-refractivity contribution is 7.17. The van der Waals surface area contributed by atoms with Gasteiger partial charge < -0.3 is 10.1 Å². The fraction of sp³-hybridized carbons (Fsp3) is 0.412. The van der Waals surface area contributed by atoms with Crippen LogP contribution in [0.3, 0.4) is 0 Å². The summed E-state index contributed by atoms with van der Waals surface area (Å²) in [6.45, 7) is 0. The maximum absolute atomic E-state index is 12.3. The number of hydrogen-bond acceptors (Lipinski definition) is 5. The summed E-state index contributed by atoms with van der Waals surface area (Å²) >= 11 is 3.10. The average molecular weight is 349 g/mol. The summed E-state index contributed by atoms with van der Waals surface area (Å²) in [7, 11) is 1.39. The third-order valence-electron chi connectivity index (χ3n) is 4.01. The van der Waals surface area contributed by atoms with E-state index in [1.807, 2.05) is 16.8 Å². The first-order valence-corrected chi connectivity index (χ1v) is 9.48. The molecule has 4 nitrogen and oxygen atoms in total. The molecule has 0 fully saturated rings. The van der Waals surface area contributed by atoms with Crippen LogP contribution in [0.2, 0.25) is 0 Å². The van der Waals surface area contributed by atoms with E-state index in [4.69, 9.17) is 4.74 Å². The zero-order valence-corrected chi connectivity index (χ0v) is 14.6. The molecule has 6 heteroatoms. The number of anilines is 1. The molecule has 0 saturated carbocycles. The highest BCUT2D eigenvalue weighted by Crippen LogP contribution is 2.38. The van der Waals surface area contributed by atoms with Crippen LogP contribution in [0.25, 0.3) is 0 Å². The van der Waals surface area contributed by atoms with Crippen molar-refractivity contribution < 1.29 is 14.3 Å². The summed E-state index contributed by atoms with van der Waals surface area (Å²) in [5, 5.41) is 7.48. The van der Waals surface area contributed by atoms with Gasteiger partial charge in [0.1, 0.15) is 5.00 Å². The quantitative estimate of drug-likeness (QED) is 0.669. The molecule has 122 valence electrons. The molecule has 1 aliphatic rings. The lowest BCUT2D eigenvalue weighted by Gasteiger charge is -2.07. The van der Waals surface area contributed by atoms with Crippen molar-refractivity contribution in [2.75, 3.05) is 12.4 Å². The van der Waals surface area contributed by atoms with E-state index >= 15 is 0 Å². The Labute approximate surface area is 143 Å². The molecule has 0 spiro atoms. The second kappa shape index (κ2) is 7.27. The predicted molar refractivity (Wildman–Crippen MR) is 93.6 cm³/mol. The second-order valence-corrected chi connectivity index (χ2v) is 7.50. The topological polar surface area (TPSA) is 55.4 Å². The van der Waals surface area contributed by atoms with Gasteiger partial charge in [0.05, 0.1) is 19.1 Å². The first-order chi connectivity index (χ1) is 11.2. The minimum absolute atomic E-state index is 0.0926. The average Bonchev–Trinajstić information content (AvgIpc) is 3.09. The number of aryl methyl sites for hydroxylation is 1. The molecule has 23 heavy (non-hydrogen) atoms. The SMILES string of the molecule is COC(=O)c1c(NC(=O)Cc2ccsc2)sc2c1CCCCC2. The number of ether oxygens (including phenoxy) is 1. The molecule has 0 saturated heterocycles. The summed E-state index contributed by atoms with van der Waals surface area (Å²) in [6.07, 6.45) is 5.59. The number of carbonyl (C=O) groups is 2. The molecular formula is C17H19NO3S2. The van der Waals surface area contributed by atoms with Gasteiger partial charge >= 0.3 is 5.97 Å². The summed E-state index contributed by atoms with van der Waals surface area (Å²) in [5.41, 5.74) is 2.63. The van der Waals surface area contributed by atoms with Gasteiger partial charge in [0, 0.05) is 4.88 Å². The number of thiophene rings is 2. The van der Waals surface area contributed by atoms with Crippen LogP contribution in [0.15, 0.2) is 16.8 Å². The molecule has 2 heterocycles. The molecule has 0 unspecified atom stereocenters. The Morgan fingerprint density at radius 1 is 1.26 bits per heavy atom. The van der Waals surface area contributed by atoms with Gasteiger partial charge in [-0.05, 0) is 53.6 Å². The summed E-state index contributed by atoms with van der Waals surface area (Å²) in [4.78, 5) is 25.7. The molecule has 1 N–H and O–H groups in total. The maximum atomic E-state index is 12.3. The van der Waals surface area contributed by atoms with Gasteiger partial charge in [0.2, 0.25) is 5.91 Å². The fourth-order valence-corrected chi connectivity index (χ4v) is 4.86. The van der Waals surface area contributed by atoms with E-state index in [1.54, 1.807) is 11.3 Å². The van der Waals surface area contributed by atoms with Gasteiger partial charge in [-0.15, -0.1) is 11.3 Å². The first-order valence-electron chi connectivity index (χ1n) is 7.73. The molecule has 0 bridgehead atoms. The van der Waals surface area contributed by atoms with Gasteiger partial charge in [0.25, 0.3) is 0 Å². The van der Waals surface area contributed by atoms with Crippen LogP contribution in [-0.2, 0) is 28.8 Å². The number of carbonyl (C=O) groups excluding carboxylic acids is 2. The Kier molecular flexibility index (Phi) is 5.13. The van der Waals surface area contributed by atoms with Crippen LogP contribution in [-0.4, -0.2) is 19.0 Å². The number of fused-ring (bicyclic) bond motifs is 1. The van der Waals surface area contributed by atoms with Gasteiger partial charge in [-0.25, -0.2) is 4.79 Å². The van der Waals surface area contributed by atoms with Gasteiger partial charge in [-0.3, -0.25) is 4.79 Å². The Bertz CT molecular complexity index is 704. The highest BCUT2D eigenvalue weighted by Gasteiger charge is 2.26. The Hall–Kier alpha value is -1.66. The second-order valence-electron chi connectivity index (χ2n) is 5.62. The van der Waals surface area contributed by atoms with E-state index in [0.717, 1.165) is 36.8 Å². The van der Waals surface area contributed by atoms with E-state index in [2.05, 4.69) is 5.32 Å². The van der Waals surface area contributed by atoms with E-state index in [1.165, 1.54) is 29.7 Å². The van der Waals surface area contributed by atoms with E-state index in [0.29, 0.717) is 17.0 Å². The number of esters is 1. The summed E-state index contributed by atoms with van der Waals surface area (Å²) in [6, 6.07) is 1.94. The number of rotatable bonds is 4. The van der Waals surface area contributed by atoms with Crippen molar-refractivity contribution in [1.29, 1.82) is 0 Å². The van der Waals surface area contributed by atoms with Crippen molar-refractivity contribution in [3.8, 4) is 0 Å². The zero-order chi connectivity index (χ0) is 16.2. The standard InChI is InChI=1S/C17H19NO3S2/c1-21-17(20)15-12-5-3-2-4-6-13(12)23-16(15)18-14(19)9-11-7-8-22-10-11/h7-8,10H,2-6,9H2,1H3,(H,18,19). The molecule has 2 aromatic rings. The van der Waals surface area contributed by atoms with E-state index in [9.17, 15) is 9.59 Å². The third kappa shape index (κ3) is 3.64. The monoisotopic (exact) mass is 349 g/mol. The Balaban J connectivity index is 1.85. The van der Waals surface area contributed by atoms with Gasteiger partial charge in [-0.2, -0.15) is 11.3 Å². The first kappa shape index (κ1) is 16.2. The minimum Gasteiger partial charge on any atom is -0.465 e. The Morgan fingerprint density at radius 2 is 2.09 bits per heavy atom. The van der Waals surface area contributed by atoms with E-state index in [-0.39, 0.29) is 11.9 Å². The fourth-order valence-electron chi connectivity index (χ4n) is 2.90. The predicted octanol–water partition coefficient (Wildman–Crippen LogP) is 4.05. The molecule has 0 atom stereocenters. The largest absolute Gasteiger partial charge is 0.465 e. The van der Waals surface area contributed by atoms with Crippen molar-refractivity contribution in [3.05, 3.63) is 38.4 Å². The number of amides is 1. The molecule has 0 aliphatic heterocycles. The molecule has 1 aliphatic carbocycles. The minimum atomic E-state index is -0.352. The third-order valence-corrected chi connectivity index (χ3v) is 5.95. The summed E-state index contributed by atoms with van der Waals surface area (Å²) < 4.78 is 4.95. The maximum Gasteiger partial charge on any atom is 0.341 e. The van der Waals surface area contributed by atoms with Crippen LogP contribution in [0.5, 0.6) is 0 Å². The molecular weight excluding hydrogens is 330 g/mol. The summed E-state index contributed by atoms with van der Waals surface area (Å²) in [5.74, 6) is -0.444. The van der Waals surface area contributed by atoms with Crippen LogP contribution in [0, 0.1) is 0 Å². The number of methoxy groups -OCH3 is 1. The number of nitrogens with one attached hydrogen (secondary N) is 1. The molecule has 3 rings (SSSR count). The van der Waals surface area contributed by atoms with Crippen molar-refractivity contribution >= 4 is 39.6 Å². The highest BCUT2D eigenvalue weighted by atomic mass is 32.1. The Morgan fingerprint density at radius 3 is 2.83 bits per heavy atom. The number of hydrogen-bond donors (Lipinski definition) is 1. The van der Waals surface area contributed by atoms with Crippen molar-refractivity contribution in [1.82, 2.24) is 0 Å².